The van der Waals surface area contributed by atoms with Crippen LogP contribution >= 0.6 is 0 Å². The summed E-state index contributed by atoms with van der Waals surface area (Å²) in [5.74, 6) is 1.41. The summed E-state index contributed by atoms with van der Waals surface area (Å²) in [6, 6.07) is 12.0. The van der Waals surface area contributed by atoms with Crippen LogP contribution in [0, 0.1) is 11.8 Å². The molecule has 1 saturated heterocycles. The third kappa shape index (κ3) is 4.28. The average Bonchev–Trinajstić information content (AvgIpc) is 3.48. The molecular formula is C42H41N5. The van der Waals surface area contributed by atoms with E-state index < -0.39 is 0 Å². The van der Waals surface area contributed by atoms with Crippen LogP contribution in [-0.4, -0.2) is 38.3 Å². The molecule has 3 aliphatic carbocycles. The minimum absolute atomic E-state index is 0.256. The molecule has 5 heterocycles. The largest absolute Gasteiger partial charge is 0.385 e. The maximum absolute atomic E-state index is 3.84. The molecule has 0 amide bonds. The molecule has 234 valence electrons. The zero-order chi connectivity index (χ0) is 30.9. The van der Waals surface area contributed by atoms with E-state index in [1.165, 1.54) is 86.7 Å². The predicted molar refractivity (Wildman–Crippen MR) is 196 cm³/mol. The van der Waals surface area contributed by atoms with Crippen LogP contribution in [0.15, 0.2) is 119 Å². The Bertz CT molecular complexity index is 1960. The molecule has 5 atom stereocenters. The zero-order valence-corrected chi connectivity index (χ0v) is 26.7. The molecule has 1 fully saturated rings. The fourth-order valence-electron chi connectivity index (χ4n) is 9.46. The van der Waals surface area contributed by atoms with Crippen LogP contribution in [0.2, 0.25) is 0 Å². The molecule has 5 heteroatoms. The number of fused-ring (bicyclic) bond motifs is 9. The highest BCUT2D eigenvalue weighted by atomic mass is 15.2. The number of benzene rings is 2. The van der Waals surface area contributed by atoms with Crippen molar-refractivity contribution in [1.82, 2.24) is 10.6 Å². The van der Waals surface area contributed by atoms with Gasteiger partial charge < -0.3 is 26.2 Å². The van der Waals surface area contributed by atoms with E-state index in [4.69, 9.17) is 0 Å². The van der Waals surface area contributed by atoms with E-state index in [0.717, 1.165) is 26.2 Å². The Balaban J connectivity index is 1.05. The van der Waals surface area contributed by atoms with Crippen LogP contribution in [0.1, 0.15) is 47.4 Å². The number of nitrogens with one attached hydrogen (secondary N) is 4. The van der Waals surface area contributed by atoms with Gasteiger partial charge in [0.05, 0.1) is 23.5 Å². The van der Waals surface area contributed by atoms with Crippen LogP contribution in [-0.2, 0) is 0 Å². The Labute approximate surface area is 277 Å². The van der Waals surface area contributed by atoms with E-state index in [-0.39, 0.29) is 12.1 Å². The summed E-state index contributed by atoms with van der Waals surface area (Å²) in [6.07, 6.45) is 34.5. The highest BCUT2D eigenvalue weighted by Crippen LogP contribution is 2.54. The smallest absolute Gasteiger partial charge is 0.0679 e. The van der Waals surface area contributed by atoms with Crippen molar-refractivity contribution in [3.05, 3.63) is 141 Å². The Hall–Kier alpha value is -4.90. The van der Waals surface area contributed by atoms with Crippen molar-refractivity contribution in [2.24, 2.45) is 11.8 Å². The third-order valence-corrected chi connectivity index (χ3v) is 11.6. The van der Waals surface area contributed by atoms with E-state index in [1.54, 1.807) is 0 Å². The molecule has 10 rings (SSSR count). The lowest BCUT2D eigenvalue weighted by atomic mass is 9.75. The van der Waals surface area contributed by atoms with Crippen LogP contribution in [0.5, 0.6) is 0 Å². The van der Waals surface area contributed by atoms with E-state index in [2.05, 4.69) is 135 Å². The second-order valence-electron chi connectivity index (χ2n) is 14.0. The van der Waals surface area contributed by atoms with Crippen molar-refractivity contribution >= 4 is 35.3 Å². The molecule has 4 N–H and O–H groups in total. The van der Waals surface area contributed by atoms with Gasteiger partial charge in [0, 0.05) is 66.2 Å². The second-order valence-corrected chi connectivity index (χ2v) is 14.0. The molecule has 0 spiro atoms. The SMILES string of the molecule is C1=CC2=C(C3=CC=C(C4=CC5C6c7ccccc7C=CC6N(c6cc7c(c8c6C=CCN8)NCC=C7)C5C=C4)NC3)NCCC2CC1. The van der Waals surface area contributed by atoms with Crippen LogP contribution in [0.4, 0.5) is 17.1 Å². The van der Waals surface area contributed by atoms with Gasteiger partial charge in [0.1, 0.15) is 0 Å². The molecule has 8 aliphatic rings. The standard InChI is InChI=1S/C42H41N5/c1-3-10-31-26(7-1)14-18-37-39(31)34-23-28(35-16-13-30(25-46-35)40-32-11-4-2-8-27(32)19-22-45-40)15-17-36(34)47(37)38-24-29-9-5-20-43-41(29)42-33(38)12-6-21-44-42/h1,3-7,9-18,23-24,27,34,36-37,39,43-46H,2,8,19-22,25H2. The van der Waals surface area contributed by atoms with E-state index in [9.17, 15) is 0 Å². The third-order valence-electron chi connectivity index (χ3n) is 11.6. The van der Waals surface area contributed by atoms with Crippen molar-refractivity contribution in [1.29, 1.82) is 0 Å². The van der Waals surface area contributed by atoms with Crippen molar-refractivity contribution < 1.29 is 0 Å². The number of nitrogens with zero attached hydrogens (tertiary/aromatic N) is 1. The highest BCUT2D eigenvalue weighted by Gasteiger charge is 2.50. The van der Waals surface area contributed by atoms with Crippen LogP contribution in [0.25, 0.3) is 18.2 Å². The van der Waals surface area contributed by atoms with Crippen molar-refractivity contribution in [2.45, 2.75) is 37.3 Å². The Morgan fingerprint density at radius 1 is 0.745 bits per heavy atom. The molecule has 5 aliphatic heterocycles. The summed E-state index contributed by atoms with van der Waals surface area (Å²) in [5.41, 5.74) is 15.9. The van der Waals surface area contributed by atoms with Crippen LogP contribution in [0.3, 0.4) is 0 Å². The molecule has 0 bridgehead atoms. The Morgan fingerprint density at radius 2 is 1.64 bits per heavy atom. The second kappa shape index (κ2) is 10.8. The first-order valence-corrected chi connectivity index (χ1v) is 17.6. The normalized spacial score (nSPS) is 29.0. The van der Waals surface area contributed by atoms with Gasteiger partial charge in [0.2, 0.25) is 0 Å². The average molecular weight is 616 g/mol. The Morgan fingerprint density at radius 3 is 2.57 bits per heavy atom. The first kappa shape index (κ1) is 27.2. The van der Waals surface area contributed by atoms with Crippen molar-refractivity contribution in [3.63, 3.8) is 0 Å². The summed E-state index contributed by atoms with van der Waals surface area (Å²) in [4.78, 5) is 2.72. The first-order chi connectivity index (χ1) is 23.3. The van der Waals surface area contributed by atoms with E-state index in [0.29, 0.717) is 17.8 Å². The Kier molecular flexibility index (Phi) is 6.28. The quantitative estimate of drug-likeness (QED) is 0.286. The zero-order valence-electron chi connectivity index (χ0n) is 26.7. The number of anilines is 3. The molecule has 2 aromatic carbocycles. The summed E-state index contributed by atoms with van der Waals surface area (Å²) in [7, 11) is 0. The topological polar surface area (TPSA) is 51.4 Å². The van der Waals surface area contributed by atoms with Gasteiger partial charge in [-0.2, -0.15) is 0 Å². The molecular weight excluding hydrogens is 574 g/mol. The fraction of sp³-hybridized carbons (Fsp3) is 0.286. The molecule has 5 unspecified atom stereocenters. The lowest BCUT2D eigenvalue weighted by Crippen LogP contribution is -2.38. The number of dihydropyridines is 1. The molecule has 0 saturated carbocycles. The summed E-state index contributed by atoms with van der Waals surface area (Å²) < 4.78 is 0. The first-order valence-electron chi connectivity index (χ1n) is 17.6. The van der Waals surface area contributed by atoms with Gasteiger partial charge in [-0.1, -0.05) is 97.2 Å². The highest BCUT2D eigenvalue weighted by molar-refractivity contribution is 5.95. The lowest BCUT2D eigenvalue weighted by molar-refractivity contribution is 0.473. The van der Waals surface area contributed by atoms with Crippen molar-refractivity contribution in [3.8, 4) is 0 Å². The lowest BCUT2D eigenvalue weighted by Gasteiger charge is -2.36. The maximum Gasteiger partial charge on any atom is 0.0679 e. The monoisotopic (exact) mass is 615 g/mol. The molecule has 0 radical (unpaired) electrons. The minimum atomic E-state index is 0.256. The van der Waals surface area contributed by atoms with Gasteiger partial charge in [0.15, 0.2) is 0 Å². The fourth-order valence-corrected chi connectivity index (χ4v) is 9.46. The van der Waals surface area contributed by atoms with Gasteiger partial charge in [-0.05, 0) is 65.2 Å². The number of rotatable bonds is 3. The summed E-state index contributed by atoms with van der Waals surface area (Å²) in [6.45, 7) is 3.65. The summed E-state index contributed by atoms with van der Waals surface area (Å²) >= 11 is 0. The van der Waals surface area contributed by atoms with Gasteiger partial charge in [0.25, 0.3) is 0 Å². The number of hydrogen-bond donors (Lipinski definition) is 4. The minimum Gasteiger partial charge on any atom is -0.385 e. The molecule has 0 aromatic heterocycles. The van der Waals surface area contributed by atoms with Gasteiger partial charge in [-0.3, -0.25) is 0 Å². The van der Waals surface area contributed by atoms with E-state index in [1.807, 2.05) is 0 Å². The maximum atomic E-state index is 3.84. The van der Waals surface area contributed by atoms with E-state index >= 15 is 0 Å². The van der Waals surface area contributed by atoms with Crippen LogP contribution < -0.4 is 26.2 Å². The van der Waals surface area contributed by atoms with Gasteiger partial charge in [-0.15, -0.1) is 0 Å². The predicted octanol–water partition coefficient (Wildman–Crippen LogP) is 7.67. The molecule has 5 nitrogen and oxygen atoms in total. The number of hydrogen-bond acceptors (Lipinski definition) is 5. The number of allylic oxidation sites excluding steroid dienone is 6. The summed E-state index contributed by atoms with van der Waals surface area (Å²) in [5, 5.41) is 14.9. The molecule has 2 aromatic rings. The van der Waals surface area contributed by atoms with Gasteiger partial charge >= 0.3 is 0 Å². The van der Waals surface area contributed by atoms with Crippen molar-refractivity contribution in [2.75, 3.05) is 41.7 Å². The molecule has 47 heavy (non-hydrogen) atoms. The van der Waals surface area contributed by atoms with Gasteiger partial charge in [-0.25, -0.2) is 0 Å².